The first kappa shape index (κ1) is 15.0. The summed E-state index contributed by atoms with van der Waals surface area (Å²) < 4.78 is 26.6. The van der Waals surface area contributed by atoms with E-state index in [0.29, 0.717) is 12.5 Å². The van der Waals surface area contributed by atoms with E-state index in [1.807, 2.05) is 13.8 Å². The van der Waals surface area contributed by atoms with Crippen LogP contribution in [0.5, 0.6) is 0 Å². The quantitative estimate of drug-likeness (QED) is 0.790. The van der Waals surface area contributed by atoms with Crippen molar-refractivity contribution in [2.45, 2.75) is 44.2 Å². The predicted octanol–water partition coefficient (Wildman–Crippen LogP) is 1.31. The van der Waals surface area contributed by atoms with Gasteiger partial charge in [0.2, 0.25) is 0 Å². The Morgan fingerprint density at radius 2 is 2.20 bits per heavy atom. The molecule has 1 fully saturated rings. The third-order valence-electron chi connectivity index (χ3n) is 3.28. The third kappa shape index (κ3) is 3.01. The number of aromatic nitrogens is 2. The number of hydrogen-bond donors (Lipinski definition) is 2. The van der Waals surface area contributed by atoms with Crippen LogP contribution in [0, 0.1) is 5.92 Å². The number of carboxylic acids is 1. The fourth-order valence-corrected chi connectivity index (χ4v) is 3.76. The molecule has 112 valence electrons. The highest BCUT2D eigenvalue weighted by Crippen LogP contribution is 2.32. The van der Waals surface area contributed by atoms with E-state index < -0.39 is 16.0 Å². The average Bonchev–Trinajstić information content (AvgIpc) is 3.03. The lowest BCUT2D eigenvalue weighted by Gasteiger charge is -2.22. The summed E-state index contributed by atoms with van der Waals surface area (Å²) in [7, 11) is -3.83. The zero-order valence-electron chi connectivity index (χ0n) is 11.5. The molecule has 0 saturated heterocycles. The van der Waals surface area contributed by atoms with Gasteiger partial charge in [0, 0.05) is 12.6 Å². The molecule has 2 N–H and O–H groups in total. The van der Waals surface area contributed by atoms with Crippen molar-refractivity contribution >= 4 is 16.0 Å². The molecule has 0 unspecified atom stereocenters. The van der Waals surface area contributed by atoms with Gasteiger partial charge >= 0.3 is 5.97 Å². The molecule has 1 heterocycles. The Bertz CT molecular complexity index is 590. The van der Waals surface area contributed by atoms with Crippen LogP contribution >= 0.6 is 0 Å². The summed E-state index contributed by atoms with van der Waals surface area (Å²) in [6.07, 6.45) is 3.43. The van der Waals surface area contributed by atoms with Crippen molar-refractivity contribution in [2.75, 3.05) is 6.54 Å². The van der Waals surface area contributed by atoms with E-state index in [0.717, 1.165) is 25.5 Å². The van der Waals surface area contributed by atoms with E-state index in [4.69, 9.17) is 5.11 Å². The van der Waals surface area contributed by atoms with E-state index in [9.17, 15) is 13.2 Å². The first-order chi connectivity index (χ1) is 9.34. The van der Waals surface area contributed by atoms with Crippen LogP contribution in [0.3, 0.4) is 0 Å². The largest absolute Gasteiger partial charge is 0.478 e. The fraction of sp³-hybridized carbons (Fsp3) is 0.667. The van der Waals surface area contributed by atoms with Gasteiger partial charge in [-0.15, -0.1) is 0 Å². The summed E-state index contributed by atoms with van der Waals surface area (Å²) in [4.78, 5) is 11.1. The van der Waals surface area contributed by atoms with Crippen molar-refractivity contribution in [2.24, 2.45) is 5.92 Å². The maximum Gasteiger partial charge on any atom is 0.340 e. The maximum atomic E-state index is 12.6. The van der Waals surface area contributed by atoms with Crippen LogP contribution in [0.1, 0.15) is 43.5 Å². The highest BCUT2D eigenvalue weighted by Gasteiger charge is 2.40. The minimum atomic E-state index is -3.83. The van der Waals surface area contributed by atoms with E-state index >= 15 is 0 Å². The summed E-state index contributed by atoms with van der Waals surface area (Å²) in [5, 5.41) is 14.6. The molecule has 0 atom stereocenters. The van der Waals surface area contributed by atoms with Crippen LogP contribution < -0.4 is 0 Å². The smallest absolute Gasteiger partial charge is 0.340 e. The van der Waals surface area contributed by atoms with Gasteiger partial charge in [-0.25, -0.2) is 13.2 Å². The van der Waals surface area contributed by atoms with Crippen molar-refractivity contribution in [3.63, 3.8) is 0 Å². The normalized spacial score (nSPS) is 16.0. The monoisotopic (exact) mass is 301 g/mol. The Morgan fingerprint density at radius 3 is 2.70 bits per heavy atom. The first-order valence-corrected chi connectivity index (χ1v) is 8.06. The first-order valence-electron chi connectivity index (χ1n) is 6.62. The van der Waals surface area contributed by atoms with Gasteiger partial charge < -0.3 is 5.11 Å². The molecule has 7 nitrogen and oxygen atoms in total. The Labute approximate surface area is 118 Å². The number of aromatic amines is 1. The standard InChI is InChI=1S/C12H19N3O4S/c1-8(2)5-6-15(9-3-4-9)20(18,19)11-10(12(16)17)7-13-14-11/h7-9H,3-6H2,1-2H3,(H,13,14)(H,16,17). The molecular formula is C12H19N3O4S. The van der Waals surface area contributed by atoms with Crippen LogP contribution in [-0.4, -0.2) is 46.6 Å². The zero-order chi connectivity index (χ0) is 14.9. The lowest BCUT2D eigenvalue weighted by molar-refractivity contribution is 0.0692. The van der Waals surface area contributed by atoms with Gasteiger partial charge in [0.1, 0.15) is 5.56 Å². The number of carboxylic acid groups (broad SMARTS) is 1. The number of nitrogens with zero attached hydrogens (tertiary/aromatic N) is 2. The van der Waals surface area contributed by atoms with E-state index in [1.165, 1.54) is 4.31 Å². The second-order valence-corrected chi connectivity index (χ2v) is 7.27. The summed E-state index contributed by atoms with van der Waals surface area (Å²) in [6.45, 7) is 4.45. The molecule has 1 aromatic heterocycles. The molecule has 0 aliphatic heterocycles. The molecule has 2 rings (SSSR count). The van der Waals surface area contributed by atoms with Crippen molar-refractivity contribution in [3.8, 4) is 0 Å². The summed E-state index contributed by atoms with van der Waals surface area (Å²) >= 11 is 0. The van der Waals surface area contributed by atoms with Crippen LogP contribution in [0.2, 0.25) is 0 Å². The Balaban J connectivity index is 2.30. The van der Waals surface area contributed by atoms with Crippen molar-refractivity contribution < 1.29 is 18.3 Å². The maximum absolute atomic E-state index is 12.6. The Hall–Kier alpha value is -1.41. The van der Waals surface area contributed by atoms with Gasteiger partial charge in [-0.3, -0.25) is 5.10 Å². The number of rotatable bonds is 7. The summed E-state index contributed by atoms with van der Waals surface area (Å²) in [6, 6.07) is -0.0105. The number of hydrogen-bond acceptors (Lipinski definition) is 4. The predicted molar refractivity (Wildman–Crippen MR) is 71.9 cm³/mol. The van der Waals surface area contributed by atoms with Gasteiger partial charge in [0.15, 0.2) is 5.03 Å². The second kappa shape index (κ2) is 5.53. The molecule has 0 radical (unpaired) electrons. The number of carbonyl (C=O) groups is 1. The molecule has 20 heavy (non-hydrogen) atoms. The lowest BCUT2D eigenvalue weighted by Crippen LogP contribution is -2.35. The summed E-state index contributed by atoms with van der Waals surface area (Å²) in [5.74, 6) is -0.913. The van der Waals surface area contributed by atoms with Crippen LogP contribution in [0.15, 0.2) is 11.2 Å². The Morgan fingerprint density at radius 1 is 1.55 bits per heavy atom. The SMILES string of the molecule is CC(C)CCN(C1CC1)S(=O)(=O)c1[nH]ncc1C(=O)O. The van der Waals surface area contributed by atoms with E-state index in [2.05, 4.69) is 10.2 Å². The average molecular weight is 301 g/mol. The van der Waals surface area contributed by atoms with Crippen LogP contribution in [-0.2, 0) is 10.0 Å². The number of aromatic carboxylic acids is 1. The minimum absolute atomic E-state index is 0.0105. The lowest BCUT2D eigenvalue weighted by atomic mass is 10.1. The van der Waals surface area contributed by atoms with Gasteiger partial charge in [-0.1, -0.05) is 13.8 Å². The van der Waals surface area contributed by atoms with Gasteiger partial charge in [-0.05, 0) is 25.2 Å². The van der Waals surface area contributed by atoms with Gasteiger partial charge in [0.25, 0.3) is 10.0 Å². The molecule has 8 heteroatoms. The molecule has 0 spiro atoms. The highest BCUT2D eigenvalue weighted by atomic mass is 32.2. The molecule has 0 bridgehead atoms. The summed E-state index contributed by atoms with van der Waals surface area (Å²) in [5.41, 5.74) is -0.305. The van der Waals surface area contributed by atoms with Gasteiger partial charge in [-0.2, -0.15) is 9.40 Å². The van der Waals surface area contributed by atoms with Crippen molar-refractivity contribution in [3.05, 3.63) is 11.8 Å². The zero-order valence-corrected chi connectivity index (χ0v) is 12.4. The van der Waals surface area contributed by atoms with Crippen molar-refractivity contribution in [1.82, 2.24) is 14.5 Å². The van der Waals surface area contributed by atoms with Crippen LogP contribution in [0.25, 0.3) is 0 Å². The molecule has 1 aliphatic carbocycles. The minimum Gasteiger partial charge on any atom is -0.478 e. The molecule has 0 aromatic carbocycles. The number of H-pyrrole nitrogens is 1. The number of sulfonamides is 1. The molecular weight excluding hydrogens is 282 g/mol. The van der Waals surface area contributed by atoms with E-state index in [-0.39, 0.29) is 16.6 Å². The van der Waals surface area contributed by atoms with Crippen LogP contribution in [0.4, 0.5) is 0 Å². The molecule has 1 aliphatic rings. The van der Waals surface area contributed by atoms with Gasteiger partial charge in [0.05, 0.1) is 6.20 Å². The second-order valence-electron chi connectivity index (χ2n) is 5.45. The number of nitrogens with one attached hydrogen (secondary N) is 1. The molecule has 0 amide bonds. The molecule has 1 aromatic rings. The topological polar surface area (TPSA) is 103 Å². The Kier molecular flexibility index (Phi) is 4.14. The highest BCUT2D eigenvalue weighted by molar-refractivity contribution is 7.89. The van der Waals surface area contributed by atoms with E-state index in [1.54, 1.807) is 0 Å². The fourth-order valence-electron chi connectivity index (χ4n) is 1.99. The third-order valence-corrected chi connectivity index (χ3v) is 5.21. The van der Waals surface area contributed by atoms with Crippen molar-refractivity contribution in [1.29, 1.82) is 0 Å². The molecule has 1 saturated carbocycles.